The van der Waals surface area contributed by atoms with Crippen LogP contribution in [0.3, 0.4) is 0 Å². The van der Waals surface area contributed by atoms with Crippen molar-refractivity contribution in [1.82, 2.24) is 0 Å². The highest BCUT2D eigenvalue weighted by Gasteiger charge is 2.11. The first-order chi connectivity index (χ1) is 5.66. The van der Waals surface area contributed by atoms with Gasteiger partial charge in [-0.05, 0) is 6.07 Å². The average molecular weight is 154 g/mol. The topological polar surface area (TPSA) is 52.4 Å². The number of benzene rings is 1. The number of hydrogen-bond acceptors (Lipinski definition) is 3. The Morgan fingerprint density at radius 3 is 2.91 bits per heavy atom. The molecular formula is C7H7NO3. The second-order valence-electron chi connectivity index (χ2n) is 1.84. The van der Waals surface area contributed by atoms with Gasteiger partial charge >= 0.3 is 5.69 Å². The molecule has 0 saturated heterocycles. The van der Waals surface area contributed by atoms with Gasteiger partial charge in [-0.1, -0.05) is 12.1 Å². The highest BCUT2D eigenvalue weighted by Crippen LogP contribution is 2.24. The largest absolute Gasteiger partial charge is 0.490 e. The monoisotopic (exact) mass is 154 g/mol. The molecule has 4 nitrogen and oxygen atoms in total. The van der Waals surface area contributed by atoms with E-state index in [2.05, 4.69) is 0 Å². The fourth-order valence-electron chi connectivity index (χ4n) is 0.720. The van der Waals surface area contributed by atoms with Crippen molar-refractivity contribution in [3.05, 3.63) is 34.4 Å². The van der Waals surface area contributed by atoms with Crippen molar-refractivity contribution in [3.8, 4) is 5.75 Å². The second kappa shape index (κ2) is 3.01. The van der Waals surface area contributed by atoms with Crippen molar-refractivity contribution < 1.29 is 11.0 Å². The Kier molecular flexibility index (Phi) is 1.68. The molecule has 0 atom stereocenters. The summed E-state index contributed by atoms with van der Waals surface area (Å²) in [6, 6.07) is 4.20. The molecule has 0 aliphatic carbocycles. The molecule has 1 aromatic carbocycles. The van der Waals surface area contributed by atoms with Gasteiger partial charge in [0, 0.05) is 6.04 Å². The van der Waals surface area contributed by atoms with Crippen LogP contribution in [0.4, 0.5) is 5.69 Å². The van der Waals surface area contributed by atoms with Crippen LogP contribution in [0.25, 0.3) is 0 Å². The van der Waals surface area contributed by atoms with Crippen molar-refractivity contribution in [2.24, 2.45) is 0 Å². The van der Waals surface area contributed by atoms with Gasteiger partial charge in [-0.2, -0.15) is 0 Å². The smallest absolute Gasteiger partial charge is 0.310 e. The van der Waals surface area contributed by atoms with E-state index in [-0.39, 0.29) is 17.5 Å². The first-order valence-corrected chi connectivity index (χ1v) is 2.95. The van der Waals surface area contributed by atoms with Gasteiger partial charge in [0.15, 0.2) is 5.75 Å². The minimum atomic E-state index is -0.624. The standard InChI is InChI=1S/C7H7NO3/c1-11-7-5-3-2-4-6(7)8(9)10/h2-5H,1H3/i4D. The van der Waals surface area contributed by atoms with Crippen LogP contribution in [0, 0.1) is 10.1 Å². The SMILES string of the molecule is [2H]c1cccc(OC)c1[N+](=O)[O-]. The molecule has 0 fully saturated rings. The third-order valence-corrected chi connectivity index (χ3v) is 1.20. The maximum absolute atomic E-state index is 10.4. The summed E-state index contributed by atoms with van der Waals surface area (Å²) in [4.78, 5) is 9.78. The minimum absolute atomic E-state index is 0.118. The van der Waals surface area contributed by atoms with Gasteiger partial charge in [0.25, 0.3) is 0 Å². The van der Waals surface area contributed by atoms with Crippen LogP contribution < -0.4 is 4.74 Å². The van der Waals surface area contributed by atoms with Crippen LogP contribution in [0.2, 0.25) is 0 Å². The Balaban J connectivity index is 3.29. The zero-order valence-corrected chi connectivity index (χ0v) is 5.90. The fraction of sp³-hybridized carbons (Fsp3) is 0.143. The van der Waals surface area contributed by atoms with Gasteiger partial charge in [0.05, 0.1) is 13.4 Å². The zero-order valence-electron chi connectivity index (χ0n) is 6.90. The normalized spacial score (nSPS) is 10.5. The van der Waals surface area contributed by atoms with E-state index >= 15 is 0 Å². The molecule has 0 unspecified atom stereocenters. The van der Waals surface area contributed by atoms with Gasteiger partial charge < -0.3 is 4.74 Å². The van der Waals surface area contributed by atoms with E-state index in [0.29, 0.717) is 0 Å². The van der Waals surface area contributed by atoms with E-state index in [1.54, 1.807) is 0 Å². The predicted molar refractivity (Wildman–Crippen MR) is 39.6 cm³/mol. The molecule has 58 valence electrons. The number of nitro groups is 1. The maximum atomic E-state index is 10.4. The van der Waals surface area contributed by atoms with Crippen molar-refractivity contribution in [2.45, 2.75) is 0 Å². The van der Waals surface area contributed by atoms with Crippen molar-refractivity contribution >= 4 is 5.69 Å². The minimum Gasteiger partial charge on any atom is -0.490 e. The lowest BCUT2D eigenvalue weighted by atomic mass is 10.3. The molecule has 0 heterocycles. The first kappa shape index (κ1) is 6.15. The van der Waals surface area contributed by atoms with Gasteiger partial charge in [-0.15, -0.1) is 0 Å². The Morgan fingerprint density at radius 2 is 2.45 bits per heavy atom. The van der Waals surface area contributed by atoms with Crippen molar-refractivity contribution in [1.29, 1.82) is 0 Å². The van der Waals surface area contributed by atoms with Crippen LogP contribution in [-0.2, 0) is 0 Å². The summed E-state index contributed by atoms with van der Waals surface area (Å²) < 4.78 is 11.9. The molecule has 0 aliphatic rings. The van der Waals surface area contributed by atoms with Crippen LogP contribution in [0.15, 0.2) is 24.2 Å². The second-order valence-corrected chi connectivity index (χ2v) is 1.84. The van der Waals surface area contributed by atoms with Gasteiger partial charge in [0.2, 0.25) is 0 Å². The van der Waals surface area contributed by atoms with Gasteiger partial charge in [-0.3, -0.25) is 10.1 Å². The molecule has 4 heteroatoms. The van der Waals surface area contributed by atoms with Gasteiger partial charge in [-0.25, -0.2) is 0 Å². The van der Waals surface area contributed by atoms with Crippen LogP contribution >= 0.6 is 0 Å². The average Bonchev–Trinajstić information content (AvgIpc) is 2.03. The molecular weight excluding hydrogens is 146 g/mol. The first-order valence-electron chi connectivity index (χ1n) is 3.45. The Hall–Kier alpha value is -1.58. The van der Waals surface area contributed by atoms with E-state index in [1.165, 1.54) is 25.3 Å². The van der Waals surface area contributed by atoms with E-state index in [1.807, 2.05) is 0 Å². The molecule has 11 heavy (non-hydrogen) atoms. The summed E-state index contributed by atoms with van der Waals surface area (Å²) >= 11 is 0. The molecule has 1 rings (SSSR count). The van der Waals surface area contributed by atoms with Crippen LogP contribution in [-0.4, -0.2) is 12.0 Å². The highest BCUT2D eigenvalue weighted by molar-refractivity contribution is 5.45. The highest BCUT2D eigenvalue weighted by atomic mass is 16.6. The summed E-state index contributed by atoms with van der Waals surface area (Å²) in [6.07, 6.45) is 0. The summed E-state index contributed by atoms with van der Waals surface area (Å²) in [5, 5.41) is 10.4. The number of hydrogen-bond donors (Lipinski definition) is 0. The molecule has 0 aromatic heterocycles. The lowest BCUT2D eigenvalue weighted by Crippen LogP contribution is -1.92. The molecule has 0 aliphatic heterocycles. The molecule has 0 bridgehead atoms. The zero-order chi connectivity index (χ0) is 9.14. The Morgan fingerprint density at radius 1 is 1.73 bits per heavy atom. The number of ether oxygens (including phenoxy) is 1. The maximum Gasteiger partial charge on any atom is 0.310 e. The van der Waals surface area contributed by atoms with Crippen LogP contribution in [0.5, 0.6) is 5.75 Å². The van der Waals surface area contributed by atoms with E-state index in [9.17, 15) is 10.1 Å². The third-order valence-electron chi connectivity index (χ3n) is 1.20. The van der Waals surface area contributed by atoms with Crippen LogP contribution in [0.1, 0.15) is 1.37 Å². The number of para-hydroxylation sites is 2. The van der Waals surface area contributed by atoms with E-state index in [0.717, 1.165) is 0 Å². The molecule has 0 N–H and O–H groups in total. The lowest BCUT2D eigenvalue weighted by molar-refractivity contribution is -0.385. The Labute approximate surface area is 65.0 Å². The molecule has 0 spiro atoms. The molecule has 0 amide bonds. The summed E-state index contributed by atoms with van der Waals surface area (Å²) in [5.74, 6) is 0.118. The predicted octanol–water partition coefficient (Wildman–Crippen LogP) is 1.60. The quantitative estimate of drug-likeness (QED) is 0.480. The third kappa shape index (κ3) is 1.46. The molecule has 1 aromatic rings. The number of nitrogens with zero attached hydrogens (tertiary/aromatic N) is 1. The van der Waals surface area contributed by atoms with Gasteiger partial charge in [0.1, 0.15) is 0 Å². The number of methoxy groups -OCH3 is 1. The summed E-state index contributed by atoms with van der Waals surface area (Å²) in [5.41, 5.74) is -0.292. The summed E-state index contributed by atoms with van der Waals surface area (Å²) in [7, 11) is 1.34. The lowest BCUT2D eigenvalue weighted by Gasteiger charge is -1.98. The Bertz CT molecular complexity index is 314. The fourth-order valence-corrected chi connectivity index (χ4v) is 0.720. The number of rotatable bonds is 2. The number of nitro benzene ring substituents is 1. The van der Waals surface area contributed by atoms with E-state index in [4.69, 9.17) is 6.11 Å². The summed E-state index contributed by atoms with van der Waals surface area (Å²) in [6.45, 7) is 0. The van der Waals surface area contributed by atoms with Crippen molar-refractivity contribution in [3.63, 3.8) is 0 Å². The molecule has 0 radical (unpaired) electrons. The molecule has 0 saturated carbocycles. The van der Waals surface area contributed by atoms with E-state index < -0.39 is 4.92 Å². The van der Waals surface area contributed by atoms with Crippen molar-refractivity contribution in [2.75, 3.05) is 7.11 Å².